The summed E-state index contributed by atoms with van der Waals surface area (Å²) in [6, 6.07) is 3.53. The standard InChI is InChI=1S/C13H20N2O4S/c1-10(8-11-4-3-7-20-11)14-13(18)15(5-6-19-2)9-12(16)17/h3-4,7,10H,5-6,8-9H2,1-2H3,(H,14,18)(H,16,17). The molecular formula is C13H20N2O4S. The lowest BCUT2D eigenvalue weighted by atomic mass is 10.2. The molecule has 1 aromatic heterocycles. The van der Waals surface area contributed by atoms with Crippen LogP contribution in [0.15, 0.2) is 17.5 Å². The third-order valence-corrected chi connectivity index (χ3v) is 3.53. The summed E-state index contributed by atoms with van der Waals surface area (Å²) in [5, 5.41) is 13.6. The normalized spacial score (nSPS) is 11.9. The highest BCUT2D eigenvalue weighted by Crippen LogP contribution is 2.11. The van der Waals surface area contributed by atoms with Gasteiger partial charge in [0.05, 0.1) is 6.61 Å². The molecule has 0 aliphatic rings. The number of hydrogen-bond donors (Lipinski definition) is 2. The summed E-state index contributed by atoms with van der Waals surface area (Å²) in [4.78, 5) is 25.2. The number of amides is 2. The lowest BCUT2D eigenvalue weighted by molar-refractivity contribution is -0.137. The Morgan fingerprint density at radius 3 is 2.85 bits per heavy atom. The third kappa shape index (κ3) is 6.03. The highest BCUT2D eigenvalue weighted by molar-refractivity contribution is 7.09. The lowest BCUT2D eigenvalue weighted by Crippen LogP contribution is -2.47. The summed E-state index contributed by atoms with van der Waals surface area (Å²) in [6.07, 6.45) is 0.731. The van der Waals surface area contributed by atoms with Gasteiger partial charge in [-0.1, -0.05) is 6.07 Å². The van der Waals surface area contributed by atoms with Crippen LogP contribution in [0.4, 0.5) is 4.79 Å². The minimum Gasteiger partial charge on any atom is -0.480 e. The molecule has 0 fully saturated rings. The van der Waals surface area contributed by atoms with Crippen LogP contribution in [0.1, 0.15) is 11.8 Å². The number of aliphatic carboxylic acids is 1. The second-order valence-electron chi connectivity index (χ2n) is 4.44. The molecule has 1 rings (SSSR count). The Labute approximate surface area is 122 Å². The second-order valence-corrected chi connectivity index (χ2v) is 5.47. The molecule has 7 heteroatoms. The summed E-state index contributed by atoms with van der Waals surface area (Å²) in [5.41, 5.74) is 0. The Hall–Kier alpha value is -1.60. The number of nitrogens with zero attached hydrogens (tertiary/aromatic N) is 1. The van der Waals surface area contributed by atoms with Crippen LogP contribution in [0.2, 0.25) is 0 Å². The molecule has 20 heavy (non-hydrogen) atoms. The third-order valence-electron chi connectivity index (χ3n) is 2.64. The van der Waals surface area contributed by atoms with Gasteiger partial charge < -0.3 is 20.1 Å². The Bertz CT molecular complexity index is 422. The van der Waals surface area contributed by atoms with Gasteiger partial charge in [-0.05, 0) is 18.4 Å². The molecule has 6 nitrogen and oxygen atoms in total. The first kappa shape index (κ1) is 16.5. The monoisotopic (exact) mass is 300 g/mol. The molecule has 0 spiro atoms. The first-order valence-electron chi connectivity index (χ1n) is 6.31. The topological polar surface area (TPSA) is 78.9 Å². The van der Waals surface area contributed by atoms with Gasteiger partial charge in [0, 0.05) is 31.0 Å². The lowest BCUT2D eigenvalue weighted by Gasteiger charge is -2.23. The molecule has 2 amide bonds. The van der Waals surface area contributed by atoms with E-state index in [9.17, 15) is 9.59 Å². The van der Waals surface area contributed by atoms with E-state index < -0.39 is 5.97 Å². The Morgan fingerprint density at radius 2 is 2.30 bits per heavy atom. The van der Waals surface area contributed by atoms with Gasteiger partial charge >= 0.3 is 12.0 Å². The summed E-state index contributed by atoms with van der Waals surface area (Å²) < 4.78 is 4.88. The maximum Gasteiger partial charge on any atom is 0.323 e. The summed E-state index contributed by atoms with van der Waals surface area (Å²) >= 11 is 1.63. The van der Waals surface area contributed by atoms with Crippen molar-refractivity contribution in [1.82, 2.24) is 10.2 Å². The van der Waals surface area contributed by atoms with Gasteiger partial charge in [-0.25, -0.2) is 4.79 Å². The molecule has 0 aromatic carbocycles. The first-order chi connectivity index (χ1) is 9.52. The van der Waals surface area contributed by atoms with Crippen LogP contribution in [0, 0.1) is 0 Å². The van der Waals surface area contributed by atoms with Gasteiger partial charge in [0.1, 0.15) is 6.54 Å². The SMILES string of the molecule is COCCN(CC(=O)O)C(=O)NC(C)Cc1cccs1. The average molecular weight is 300 g/mol. The minimum absolute atomic E-state index is 0.0556. The minimum atomic E-state index is -1.04. The van der Waals surface area contributed by atoms with Crippen molar-refractivity contribution < 1.29 is 19.4 Å². The van der Waals surface area contributed by atoms with Crippen molar-refractivity contribution in [2.24, 2.45) is 0 Å². The van der Waals surface area contributed by atoms with Crippen molar-refractivity contribution in [3.8, 4) is 0 Å². The van der Waals surface area contributed by atoms with Crippen LogP contribution < -0.4 is 5.32 Å². The number of methoxy groups -OCH3 is 1. The van der Waals surface area contributed by atoms with Crippen molar-refractivity contribution in [2.45, 2.75) is 19.4 Å². The number of nitrogens with one attached hydrogen (secondary N) is 1. The fourth-order valence-corrected chi connectivity index (χ4v) is 2.54. The number of rotatable bonds is 8. The van der Waals surface area contributed by atoms with E-state index in [1.165, 1.54) is 16.9 Å². The molecule has 1 unspecified atom stereocenters. The van der Waals surface area contributed by atoms with E-state index in [-0.39, 0.29) is 25.2 Å². The van der Waals surface area contributed by atoms with Gasteiger partial charge in [0.15, 0.2) is 0 Å². The zero-order chi connectivity index (χ0) is 15.0. The van der Waals surface area contributed by atoms with E-state index in [1.807, 2.05) is 24.4 Å². The van der Waals surface area contributed by atoms with Gasteiger partial charge in [-0.15, -0.1) is 11.3 Å². The van der Waals surface area contributed by atoms with Crippen molar-refractivity contribution >= 4 is 23.3 Å². The Morgan fingerprint density at radius 1 is 1.55 bits per heavy atom. The van der Waals surface area contributed by atoms with E-state index in [4.69, 9.17) is 9.84 Å². The Balaban J connectivity index is 2.48. The van der Waals surface area contributed by atoms with Crippen LogP contribution in [0.3, 0.4) is 0 Å². The number of carbonyl (C=O) groups is 2. The van der Waals surface area contributed by atoms with Gasteiger partial charge in [0.25, 0.3) is 0 Å². The number of carboxylic acid groups (broad SMARTS) is 1. The molecule has 0 radical (unpaired) electrons. The van der Waals surface area contributed by atoms with Crippen molar-refractivity contribution in [3.05, 3.63) is 22.4 Å². The van der Waals surface area contributed by atoms with E-state index in [0.29, 0.717) is 6.61 Å². The van der Waals surface area contributed by atoms with Gasteiger partial charge in [-0.3, -0.25) is 4.79 Å². The summed E-state index contributed by atoms with van der Waals surface area (Å²) in [7, 11) is 1.51. The zero-order valence-electron chi connectivity index (χ0n) is 11.7. The molecule has 1 heterocycles. The van der Waals surface area contributed by atoms with Crippen molar-refractivity contribution in [1.29, 1.82) is 0 Å². The maximum absolute atomic E-state index is 12.0. The Kier molecular flexibility index (Phi) is 7.03. The fourth-order valence-electron chi connectivity index (χ4n) is 1.70. The molecule has 0 bridgehead atoms. The molecule has 1 aromatic rings. The second kappa shape index (κ2) is 8.55. The molecule has 0 saturated carbocycles. The first-order valence-corrected chi connectivity index (χ1v) is 7.19. The molecule has 2 N–H and O–H groups in total. The highest BCUT2D eigenvalue weighted by Gasteiger charge is 2.18. The van der Waals surface area contributed by atoms with Crippen LogP contribution in [0.25, 0.3) is 0 Å². The number of carboxylic acids is 1. The molecule has 0 saturated heterocycles. The molecular weight excluding hydrogens is 280 g/mol. The zero-order valence-corrected chi connectivity index (χ0v) is 12.5. The number of urea groups is 1. The summed E-state index contributed by atoms with van der Waals surface area (Å²) in [5.74, 6) is -1.04. The van der Waals surface area contributed by atoms with E-state index in [2.05, 4.69) is 5.32 Å². The van der Waals surface area contributed by atoms with Crippen LogP contribution in [-0.2, 0) is 16.0 Å². The average Bonchev–Trinajstić information content (AvgIpc) is 2.86. The molecule has 0 aliphatic heterocycles. The van der Waals surface area contributed by atoms with Gasteiger partial charge in [0.2, 0.25) is 0 Å². The number of hydrogen-bond acceptors (Lipinski definition) is 4. The molecule has 0 aliphatic carbocycles. The van der Waals surface area contributed by atoms with Crippen LogP contribution in [-0.4, -0.2) is 54.9 Å². The van der Waals surface area contributed by atoms with Crippen molar-refractivity contribution in [2.75, 3.05) is 26.8 Å². The van der Waals surface area contributed by atoms with Gasteiger partial charge in [-0.2, -0.15) is 0 Å². The predicted molar refractivity (Wildman–Crippen MR) is 77.1 cm³/mol. The highest BCUT2D eigenvalue weighted by atomic mass is 32.1. The maximum atomic E-state index is 12.0. The van der Waals surface area contributed by atoms with E-state index in [0.717, 1.165) is 6.42 Å². The van der Waals surface area contributed by atoms with E-state index >= 15 is 0 Å². The molecule has 1 atom stereocenters. The molecule has 112 valence electrons. The number of thiophene rings is 1. The fraction of sp³-hybridized carbons (Fsp3) is 0.538. The number of carbonyl (C=O) groups excluding carboxylic acids is 1. The smallest absolute Gasteiger partial charge is 0.323 e. The van der Waals surface area contributed by atoms with Crippen LogP contribution in [0.5, 0.6) is 0 Å². The van der Waals surface area contributed by atoms with Crippen molar-refractivity contribution in [3.63, 3.8) is 0 Å². The van der Waals surface area contributed by atoms with Crippen LogP contribution >= 0.6 is 11.3 Å². The van der Waals surface area contributed by atoms with E-state index in [1.54, 1.807) is 11.3 Å². The largest absolute Gasteiger partial charge is 0.480 e. The summed E-state index contributed by atoms with van der Waals surface area (Å²) in [6.45, 7) is 2.12. The quantitative estimate of drug-likeness (QED) is 0.761. The predicted octanol–water partition coefficient (Wildman–Crippen LogP) is 1.42. The number of ether oxygens (including phenoxy) is 1.